The Hall–Kier alpha value is -1.84. The highest BCUT2D eigenvalue weighted by Gasteiger charge is 2.51. The number of hydrogen-bond donors (Lipinski definition) is 2. The summed E-state index contributed by atoms with van der Waals surface area (Å²) in [6.07, 6.45) is 3.77. The molecule has 0 saturated carbocycles. The number of benzene rings is 1. The molecule has 3 fully saturated rings. The zero-order valence-corrected chi connectivity index (χ0v) is 17.1. The van der Waals surface area contributed by atoms with E-state index in [1.165, 1.54) is 17.1 Å². The van der Waals surface area contributed by atoms with E-state index < -0.39 is 0 Å². The van der Waals surface area contributed by atoms with Crippen LogP contribution in [-0.4, -0.2) is 80.4 Å². The second kappa shape index (κ2) is 8.12. The molecule has 8 heteroatoms. The van der Waals surface area contributed by atoms with E-state index in [9.17, 15) is 5.11 Å². The van der Waals surface area contributed by atoms with Gasteiger partial charge >= 0.3 is 0 Å². The van der Waals surface area contributed by atoms with Gasteiger partial charge in [-0.2, -0.15) is 0 Å². The van der Waals surface area contributed by atoms with E-state index in [-0.39, 0.29) is 18.1 Å². The fourth-order valence-corrected chi connectivity index (χ4v) is 4.99. The highest BCUT2D eigenvalue weighted by Crippen LogP contribution is 2.33. The molecular weight excluding hydrogens is 370 g/mol. The lowest BCUT2D eigenvalue weighted by Gasteiger charge is -2.37. The van der Waals surface area contributed by atoms with Crippen molar-refractivity contribution < 1.29 is 19.6 Å². The molecule has 0 aliphatic carbocycles. The second-order valence-electron chi connectivity index (χ2n) is 8.40. The summed E-state index contributed by atoms with van der Waals surface area (Å²) in [5.74, 6) is 0.0451. The van der Waals surface area contributed by atoms with Gasteiger partial charge in [0.2, 0.25) is 6.17 Å². The molecule has 0 bridgehead atoms. The van der Waals surface area contributed by atoms with Crippen LogP contribution < -0.4 is 15.5 Å². The van der Waals surface area contributed by atoms with Crippen molar-refractivity contribution in [1.29, 1.82) is 0 Å². The van der Waals surface area contributed by atoms with Gasteiger partial charge in [-0.15, -0.1) is 5.75 Å². The summed E-state index contributed by atoms with van der Waals surface area (Å²) in [7, 11) is 2.14. The minimum Gasteiger partial charge on any atom is -0.872 e. The van der Waals surface area contributed by atoms with Crippen molar-refractivity contribution in [2.45, 2.75) is 31.7 Å². The Labute approximate surface area is 172 Å². The van der Waals surface area contributed by atoms with Crippen LogP contribution in [0.5, 0.6) is 5.75 Å². The number of morpholine rings is 1. The monoisotopic (exact) mass is 401 g/mol. The zero-order valence-electron chi connectivity index (χ0n) is 17.1. The molecule has 1 aromatic rings. The molecule has 158 valence electrons. The molecule has 2 N–H and O–H groups in total. The molecule has 0 amide bonds. The van der Waals surface area contributed by atoms with Gasteiger partial charge in [0.1, 0.15) is 17.6 Å². The normalized spacial score (nSPS) is 31.2. The lowest BCUT2D eigenvalue weighted by molar-refractivity contribution is -0.970. The number of quaternary nitrogens is 1. The van der Waals surface area contributed by atoms with Crippen LogP contribution in [0.2, 0.25) is 0 Å². The van der Waals surface area contributed by atoms with Gasteiger partial charge in [-0.25, -0.2) is 15.3 Å². The van der Waals surface area contributed by atoms with Gasteiger partial charge in [-0.05, 0) is 19.3 Å². The summed E-state index contributed by atoms with van der Waals surface area (Å²) in [6, 6.07) is 7.22. The Morgan fingerprint density at radius 1 is 1.21 bits per heavy atom. The molecule has 3 saturated heterocycles. The van der Waals surface area contributed by atoms with E-state index in [1.54, 1.807) is 12.1 Å². The lowest BCUT2D eigenvalue weighted by Crippen LogP contribution is -3.22. The number of likely N-dealkylation sites (N-methyl/N-ethyl adjacent to an activating group) is 1. The minimum atomic E-state index is 0.0451. The van der Waals surface area contributed by atoms with Crippen molar-refractivity contribution in [3.05, 3.63) is 35.5 Å². The van der Waals surface area contributed by atoms with Crippen molar-refractivity contribution in [2.24, 2.45) is 0 Å². The first kappa shape index (κ1) is 19.1. The number of ether oxygens (including phenoxy) is 2. The summed E-state index contributed by atoms with van der Waals surface area (Å²) in [6.45, 7) is 6.06. The highest BCUT2D eigenvalue weighted by atomic mass is 16.5. The van der Waals surface area contributed by atoms with Crippen LogP contribution in [0.25, 0.3) is 5.70 Å². The topological polar surface area (TPSA) is 67.7 Å². The van der Waals surface area contributed by atoms with Crippen molar-refractivity contribution in [2.75, 3.05) is 53.3 Å². The number of nitrogens with one attached hydrogen (secondary N) is 2. The molecular formula is C21H31N5O3. The van der Waals surface area contributed by atoms with E-state index in [2.05, 4.69) is 27.2 Å². The molecule has 8 nitrogen and oxygen atoms in total. The number of nitrogens with zero attached hydrogens (tertiary/aromatic N) is 3. The smallest absolute Gasteiger partial charge is 0.214 e. The highest BCUT2D eigenvalue weighted by molar-refractivity contribution is 5.69. The average molecular weight is 402 g/mol. The van der Waals surface area contributed by atoms with Crippen LogP contribution in [0.4, 0.5) is 0 Å². The van der Waals surface area contributed by atoms with Crippen LogP contribution in [0, 0.1) is 0 Å². The number of fused-ring (bicyclic) bond motifs is 1. The Kier molecular flexibility index (Phi) is 5.36. The van der Waals surface area contributed by atoms with Gasteiger partial charge in [0, 0.05) is 32.3 Å². The van der Waals surface area contributed by atoms with Crippen LogP contribution in [-0.2, 0) is 9.47 Å². The van der Waals surface area contributed by atoms with Crippen molar-refractivity contribution >= 4 is 5.70 Å². The number of hydrogen-bond acceptors (Lipinski definition) is 7. The fourth-order valence-electron chi connectivity index (χ4n) is 4.99. The van der Waals surface area contributed by atoms with Gasteiger partial charge in [-0.3, -0.25) is 4.90 Å². The number of rotatable bonds is 4. The van der Waals surface area contributed by atoms with Crippen molar-refractivity contribution in [1.82, 2.24) is 20.1 Å². The van der Waals surface area contributed by atoms with Crippen molar-refractivity contribution in [3.8, 4) is 5.75 Å². The maximum absolute atomic E-state index is 12.0. The third kappa shape index (κ3) is 3.71. The summed E-state index contributed by atoms with van der Waals surface area (Å²) in [5.41, 5.74) is 7.01. The van der Waals surface area contributed by atoms with E-state index in [4.69, 9.17) is 9.47 Å². The van der Waals surface area contributed by atoms with Gasteiger partial charge in [0.25, 0.3) is 0 Å². The van der Waals surface area contributed by atoms with E-state index >= 15 is 0 Å². The molecule has 4 heterocycles. The predicted molar refractivity (Wildman–Crippen MR) is 106 cm³/mol. The van der Waals surface area contributed by atoms with Crippen LogP contribution in [0.15, 0.2) is 30.0 Å². The standard InChI is InChI=1S/C21H31N5O3/c1-23-14-25(18-7-2-3-10-29-18)21-20(23)19(16-5-4-6-17(27)13-16)22-26(21)15-24-8-11-28-12-9-24/h4-6,13,18,21-22,27H,2-3,7-12,14-15H2,1H3. The SMILES string of the molecule is CN1CN(C2CCCCO2)C2C1=C(c1cccc([O-])c1)N[NH+]2CN1CCOCC1. The fraction of sp³-hybridized carbons (Fsp3) is 0.619. The Bertz CT molecular complexity index is 760. The Balaban J connectivity index is 1.47. The first-order valence-electron chi connectivity index (χ1n) is 10.7. The van der Waals surface area contributed by atoms with Gasteiger partial charge in [0.05, 0.1) is 19.9 Å². The third-order valence-electron chi connectivity index (χ3n) is 6.40. The molecule has 3 atom stereocenters. The van der Waals surface area contributed by atoms with E-state index in [1.807, 2.05) is 12.1 Å². The van der Waals surface area contributed by atoms with Crippen LogP contribution in [0.1, 0.15) is 24.8 Å². The van der Waals surface area contributed by atoms with E-state index in [0.717, 1.165) is 70.3 Å². The summed E-state index contributed by atoms with van der Waals surface area (Å²) in [5, 5.41) is 13.3. The van der Waals surface area contributed by atoms with E-state index in [0.29, 0.717) is 0 Å². The molecule has 0 aromatic heterocycles. The molecule has 5 rings (SSSR count). The van der Waals surface area contributed by atoms with Crippen LogP contribution >= 0.6 is 0 Å². The maximum atomic E-state index is 12.0. The van der Waals surface area contributed by atoms with Crippen molar-refractivity contribution in [3.63, 3.8) is 0 Å². The Morgan fingerprint density at radius 3 is 2.83 bits per heavy atom. The minimum absolute atomic E-state index is 0.0451. The Morgan fingerprint density at radius 2 is 2.07 bits per heavy atom. The van der Waals surface area contributed by atoms with Crippen LogP contribution in [0.3, 0.4) is 0 Å². The molecule has 1 aromatic carbocycles. The summed E-state index contributed by atoms with van der Waals surface area (Å²) < 4.78 is 11.7. The summed E-state index contributed by atoms with van der Waals surface area (Å²) in [4.78, 5) is 7.26. The molecule has 0 radical (unpaired) electrons. The molecule has 0 spiro atoms. The summed E-state index contributed by atoms with van der Waals surface area (Å²) >= 11 is 0. The second-order valence-corrected chi connectivity index (χ2v) is 8.40. The molecule has 29 heavy (non-hydrogen) atoms. The molecule has 3 unspecified atom stereocenters. The first-order chi connectivity index (χ1) is 14.2. The third-order valence-corrected chi connectivity index (χ3v) is 6.40. The maximum Gasteiger partial charge on any atom is 0.214 e. The van der Waals surface area contributed by atoms with Gasteiger partial charge in [0.15, 0.2) is 6.67 Å². The van der Waals surface area contributed by atoms with Gasteiger partial charge < -0.3 is 19.5 Å². The molecule has 4 aliphatic heterocycles. The zero-order chi connectivity index (χ0) is 19.8. The first-order valence-corrected chi connectivity index (χ1v) is 10.7. The predicted octanol–water partition coefficient (Wildman–Crippen LogP) is -0.821. The average Bonchev–Trinajstić information content (AvgIpc) is 3.29. The lowest BCUT2D eigenvalue weighted by atomic mass is 10.1. The quantitative estimate of drug-likeness (QED) is 0.683. The largest absolute Gasteiger partial charge is 0.872 e. The molecule has 4 aliphatic rings. The van der Waals surface area contributed by atoms with Gasteiger partial charge in [-0.1, -0.05) is 24.3 Å².